The molecule has 10 heteroatoms. The Kier molecular flexibility index (Phi) is 5.63. The van der Waals surface area contributed by atoms with Crippen molar-refractivity contribution in [1.82, 2.24) is 14.9 Å². The highest BCUT2D eigenvalue weighted by Gasteiger charge is 2.32. The second-order valence-corrected chi connectivity index (χ2v) is 12.8. The quantitative estimate of drug-likeness (QED) is 0.422. The highest BCUT2D eigenvalue weighted by molar-refractivity contribution is 8.00. The smallest absolute Gasteiger partial charge is 0.267 e. The Labute approximate surface area is 194 Å². The zero-order valence-electron chi connectivity index (χ0n) is 17.5. The summed E-state index contributed by atoms with van der Waals surface area (Å²) in [4.78, 5) is 31.9. The van der Waals surface area contributed by atoms with E-state index in [1.54, 1.807) is 11.5 Å². The van der Waals surface area contributed by atoms with Crippen molar-refractivity contribution in [2.45, 2.75) is 48.6 Å². The average molecular weight is 490 g/mol. The highest BCUT2D eigenvalue weighted by Crippen LogP contribution is 2.44. The number of benzene rings is 1. The van der Waals surface area contributed by atoms with Crippen LogP contribution in [0.5, 0.6) is 0 Å². The van der Waals surface area contributed by atoms with Gasteiger partial charge in [-0.15, -0.1) is 11.3 Å². The fraction of sp³-hybridized carbons (Fsp3) is 0.409. The highest BCUT2D eigenvalue weighted by atomic mass is 32.2. The van der Waals surface area contributed by atoms with Gasteiger partial charge in [0.2, 0.25) is 5.91 Å². The predicted molar refractivity (Wildman–Crippen MR) is 128 cm³/mol. The largest absolute Gasteiger partial charge is 0.351 e. The molecule has 1 aliphatic carbocycles. The molecule has 1 aromatic carbocycles. The Morgan fingerprint density at radius 3 is 2.66 bits per heavy atom. The van der Waals surface area contributed by atoms with Crippen LogP contribution >= 0.6 is 23.1 Å². The van der Waals surface area contributed by atoms with E-state index >= 15 is 0 Å². The number of thioether (sulfide) groups is 1. The molecule has 1 aliphatic heterocycles. The minimum absolute atomic E-state index is 0.0196. The average Bonchev–Trinajstić information content (AvgIpc) is 3.42. The Bertz CT molecular complexity index is 1340. The van der Waals surface area contributed by atoms with Crippen molar-refractivity contribution in [3.05, 3.63) is 51.6 Å². The molecule has 168 valence electrons. The van der Waals surface area contributed by atoms with Crippen molar-refractivity contribution in [2.24, 2.45) is 0 Å². The van der Waals surface area contributed by atoms with Crippen LogP contribution in [-0.4, -0.2) is 46.7 Å². The summed E-state index contributed by atoms with van der Waals surface area (Å²) in [5.41, 5.74) is 1.68. The van der Waals surface area contributed by atoms with E-state index in [4.69, 9.17) is 4.98 Å². The van der Waals surface area contributed by atoms with Gasteiger partial charge in [0.1, 0.15) is 4.83 Å². The monoisotopic (exact) mass is 489 g/mol. The van der Waals surface area contributed by atoms with Crippen LogP contribution in [0.4, 0.5) is 0 Å². The van der Waals surface area contributed by atoms with E-state index in [0.29, 0.717) is 33.4 Å². The molecule has 1 saturated carbocycles. The van der Waals surface area contributed by atoms with Gasteiger partial charge in [-0.25, -0.2) is 13.4 Å². The molecule has 2 fully saturated rings. The maximum Gasteiger partial charge on any atom is 0.267 e. The number of hydrogen-bond donors (Lipinski definition) is 1. The zero-order chi connectivity index (χ0) is 22.5. The summed E-state index contributed by atoms with van der Waals surface area (Å²) in [5, 5.41) is 5.48. The standard InChI is InChI=1S/C22H23N3O4S3/c1-13(19(26)23-15-9-10-32(28,29)12-15)31-22-24-20-18(17(11-30-20)14-7-8-14)21(27)25(22)16-5-3-2-4-6-16/h2-6,11,13-15H,7-10,12H2,1H3,(H,23,26)/t13-,15-/m0/s1. The summed E-state index contributed by atoms with van der Waals surface area (Å²) in [6, 6.07) is 8.98. The number of nitrogens with one attached hydrogen (secondary N) is 1. The number of amides is 1. The fourth-order valence-corrected chi connectivity index (χ4v) is 7.68. The number of para-hydroxylation sites is 1. The van der Waals surface area contributed by atoms with E-state index in [9.17, 15) is 18.0 Å². The van der Waals surface area contributed by atoms with Crippen LogP contribution < -0.4 is 10.9 Å². The van der Waals surface area contributed by atoms with Crippen LogP contribution in [0.15, 0.2) is 45.7 Å². The number of sulfone groups is 1. The molecule has 0 bridgehead atoms. The Morgan fingerprint density at radius 1 is 1.25 bits per heavy atom. The van der Waals surface area contributed by atoms with E-state index in [1.807, 2.05) is 35.7 Å². The molecular weight excluding hydrogens is 466 g/mol. The molecule has 0 radical (unpaired) electrons. The molecule has 2 aliphatic rings. The van der Waals surface area contributed by atoms with Crippen molar-refractivity contribution in [3.63, 3.8) is 0 Å². The molecule has 1 amide bonds. The number of carbonyl (C=O) groups is 1. The van der Waals surface area contributed by atoms with Gasteiger partial charge in [0.05, 0.1) is 27.8 Å². The lowest BCUT2D eigenvalue weighted by atomic mass is 10.1. The molecule has 7 nitrogen and oxygen atoms in total. The SMILES string of the molecule is C[C@H](Sc1nc2scc(C3CC3)c2c(=O)n1-c1ccccc1)C(=O)N[C@H]1CCS(=O)(=O)C1. The van der Waals surface area contributed by atoms with E-state index in [0.717, 1.165) is 18.4 Å². The Hall–Kier alpha value is -2.17. The van der Waals surface area contributed by atoms with Crippen LogP contribution in [-0.2, 0) is 14.6 Å². The maximum absolute atomic E-state index is 13.6. The number of nitrogens with zero attached hydrogens (tertiary/aromatic N) is 2. The first-order valence-corrected chi connectivity index (χ1v) is 14.2. The summed E-state index contributed by atoms with van der Waals surface area (Å²) in [5.74, 6) is 0.269. The second kappa shape index (κ2) is 8.31. The van der Waals surface area contributed by atoms with E-state index < -0.39 is 15.1 Å². The molecular formula is C22H23N3O4S3. The summed E-state index contributed by atoms with van der Waals surface area (Å²) in [6.07, 6.45) is 2.63. The molecule has 32 heavy (non-hydrogen) atoms. The van der Waals surface area contributed by atoms with Gasteiger partial charge in [-0.3, -0.25) is 14.2 Å². The van der Waals surface area contributed by atoms with Gasteiger partial charge < -0.3 is 5.32 Å². The van der Waals surface area contributed by atoms with Crippen LogP contribution in [0, 0.1) is 0 Å². The summed E-state index contributed by atoms with van der Waals surface area (Å²) < 4.78 is 25.0. The summed E-state index contributed by atoms with van der Waals surface area (Å²) in [6.45, 7) is 1.75. The normalized spacial score (nSPS) is 21.0. The summed E-state index contributed by atoms with van der Waals surface area (Å²) >= 11 is 2.69. The van der Waals surface area contributed by atoms with Gasteiger partial charge in [0.15, 0.2) is 15.0 Å². The lowest BCUT2D eigenvalue weighted by Crippen LogP contribution is -2.40. The molecule has 2 atom stereocenters. The minimum atomic E-state index is -3.08. The molecule has 3 aromatic rings. The van der Waals surface area contributed by atoms with Crippen molar-refractivity contribution in [1.29, 1.82) is 0 Å². The molecule has 3 heterocycles. The van der Waals surface area contributed by atoms with Crippen LogP contribution in [0.2, 0.25) is 0 Å². The van der Waals surface area contributed by atoms with E-state index in [2.05, 4.69) is 5.32 Å². The van der Waals surface area contributed by atoms with Gasteiger partial charge in [-0.05, 0) is 55.2 Å². The molecule has 5 rings (SSSR count). The third kappa shape index (κ3) is 4.23. The van der Waals surface area contributed by atoms with Gasteiger partial charge in [0.25, 0.3) is 5.56 Å². The van der Waals surface area contributed by atoms with Crippen LogP contribution in [0.1, 0.15) is 37.7 Å². The van der Waals surface area contributed by atoms with Crippen molar-refractivity contribution in [3.8, 4) is 5.69 Å². The van der Waals surface area contributed by atoms with Crippen LogP contribution in [0.25, 0.3) is 15.9 Å². The third-order valence-electron chi connectivity index (χ3n) is 5.87. The van der Waals surface area contributed by atoms with E-state index in [-0.39, 0.29) is 29.0 Å². The predicted octanol–water partition coefficient (Wildman–Crippen LogP) is 3.11. The lowest BCUT2D eigenvalue weighted by Gasteiger charge is -2.18. The van der Waals surface area contributed by atoms with Crippen molar-refractivity contribution >= 4 is 49.1 Å². The number of fused-ring (bicyclic) bond motifs is 1. The Morgan fingerprint density at radius 2 is 2.00 bits per heavy atom. The molecule has 0 unspecified atom stereocenters. The summed E-state index contributed by atoms with van der Waals surface area (Å²) in [7, 11) is -3.08. The molecule has 0 spiro atoms. The second-order valence-electron chi connectivity index (χ2n) is 8.38. The molecule has 2 aromatic heterocycles. The van der Waals surface area contributed by atoms with Crippen molar-refractivity contribution < 1.29 is 13.2 Å². The lowest BCUT2D eigenvalue weighted by molar-refractivity contribution is -0.120. The van der Waals surface area contributed by atoms with Gasteiger partial charge >= 0.3 is 0 Å². The fourth-order valence-electron chi connectivity index (χ4n) is 4.01. The first-order valence-electron chi connectivity index (χ1n) is 10.6. The number of hydrogen-bond acceptors (Lipinski definition) is 7. The number of carbonyl (C=O) groups excluding carboxylic acids is 1. The minimum Gasteiger partial charge on any atom is -0.351 e. The zero-order valence-corrected chi connectivity index (χ0v) is 19.9. The van der Waals surface area contributed by atoms with Gasteiger partial charge in [-0.2, -0.15) is 0 Å². The Balaban J connectivity index is 1.49. The first kappa shape index (κ1) is 21.7. The molecule has 1 saturated heterocycles. The van der Waals surface area contributed by atoms with Crippen molar-refractivity contribution in [2.75, 3.05) is 11.5 Å². The number of rotatable bonds is 6. The number of thiophene rings is 1. The van der Waals surface area contributed by atoms with E-state index in [1.165, 1.54) is 23.1 Å². The van der Waals surface area contributed by atoms with Crippen LogP contribution in [0.3, 0.4) is 0 Å². The molecule has 1 N–H and O–H groups in total. The third-order valence-corrected chi connectivity index (χ3v) is 9.58. The van der Waals surface area contributed by atoms with Gasteiger partial charge in [0, 0.05) is 6.04 Å². The number of aromatic nitrogens is 2. The maximum atomic E-state index is 13.6. The first-order chi connectivity index (χ1) is 15.3. The topological polar surface area (TPSA) is 98.1 Å². The van der Waals surface area contributed by atoms with Gasteiger partial charge in [-0.1, -0.05) is 30.0 Å².